The summed E-state index contributed by atoms with van der Waals surface area (Å²) in [5.74, 6) is -4.21. The van der Waals surface area contributed by atoms with Crippen LogP contribution in [0.4, 0.5) is 26.3 Å². The quantitative estimate of drug-likeness (QED) is 0.135. The molecule has 0 heterocycles. The molecule has 172 valence electrons. The van der Waals surface area contributed by atoms with Crippen LogP contribution in [0.5, 0.6) is 0 Å². The molecule has 0 unspecified atom stereocenters. The molecular formula is C13H22F6N3O6P. The van der Waals surface area contributed by atoms with E-state index in [2.05, 4.69) is 0 Å². The van der Waals surface area contributed by atoms with E-state index in [9.17, 15) is 40.5 Å². The summed E-state index contributed by atoms with van der Waals surface area (Å²) in [7, 11) is -4.01. The van der Waals surface area contributed by atoms with E-state index in [1.165, 1.54) is 0 Å². The van der Waals surface area contributed by atoms with Crippen LogP contribution in [0.3, 0.4) is 0 Å². The van der Waals surface area contributed by atoms with Gasteiger partial charge >= 0.3 is 31.8 Å². The summed E-state index contributed by atoms with van der Waals surface area (Å²) in [6.45, 7) is -1.20. The van der Waals surface area contributed by atoms with Gasteiger partial charge in [0.25, 0.3) is 0 Å². The first-order valence-electron chi connectivity index (χ1n) is 8.65. The summed E-state index contributed by atoms with van der Waals surface area (Å²) in [5.41, 5.74) is -0.214. The van der Waals surface area contributed by atoms with Crippen LogP contribution in [0.1, 0.15) is 25.7 Å². The molecule has 0 atom stereocenters. The fraction of sp³-hybridized carbons (Fsp3) is 0.846. The second-order valence-corrected chi connectivity index (χ2v) is 7.50. The Morgan fingerprint density at radius 3 is 1.55 bits per heavy atom. The summed E-state index contributed by atoms with van der Waals surface area (Å²) >= 11 is 0. The molecule has 0 aromatic heterocycles. The molecule has 0 bridgehead atoms. The fourth-order valence-corrected chi connectivity index (χ4v) is 2.87. The number of alkyl halides is 6. The monoisotopic (exact) mass is 462 g/mol. The van der Waals surface area contributed by atoms with Gasteiger partial charge in [0, 0.05) is 13.1 Å². The van der Waals surface area contributed by atoms with E-state index in [0.717, 1.165) is 0 Å². The second-order valence-electron chi connectivity index (χ2n) is 5.48. The van der Waals surface area contributed by atoms with Gasteiger partial charge in [0.05, 0.1) is 13.2 Å². The molecule has 29 heavy (non-hydrogen) atoms. The van der Waals surface area contributed by atoms with Crippen molar-refractivity contribution in [3.8, 4) is 0 Å². The maximum atomic E-state index is 12.4. The predicted molar refractivity (Wildman–Crippen MR) is 85.9 cm³/mol. The van der Waals surface area contributed by atoms with Gasteiger partial charge in [-0.15, -0.1) is 0 Å². The fourth-order valence-electron chi connectivity index (χ4n) is 1.66. The van der Waals surface area contributed by atoms with E-state index < -0.39 is 38.0 Å². The Morgan fingerprint density at radius 2 is 1.24 bits per heavy atom. The average Bonchev–Trinajstić information content (AvgIpc) is 2.58. The molecule has 0 aromatic carbocycles. The number of nitrogens with one attached hydrogen (secondary N) is 3. The lowest BCUT2D eigenvalue weighted by Gasteiger charge is -2.18. The van der Waals surface area contributed by atoms with E-state index in [0.29, 0.717) is 0 Å². The first-order chi connectivity index (χ1) is 13.7. The van der Waals surface area contributed by atoms with Crippen LogP contribution in [0.2, 0.25) is 1.41 Å². The number of hydrogen-bond donors (Lipinski definition) is 4. The molecule has 4 N–H and O–H groups in total. The number of unbranched alkanes of at least 4 members (excludes halogenated alkanes) is 2. The molecule has 2 amide bonds. The van der Waals surface area contributed by atoms with Crippen LogP contribution in [0.25, 0.3) is 0 Å². The summed E-state index contributed by atoms with van der Waals surface area (Å²) in [6, 6.07) is 0. The maximum Gasteiger partial charge on any atom is 0.471 e. The number of hydrogen-bond acceptors (Lipinski definition) is 7. The molecule has 0 saturated heterocycles. The molecule has 0 rings (SSSR count). The van der Waals surface area contributed by atoms with Crippen LogP contribution in [0.15, 0.2) is 0 Å². The van der Waals surface area contributed by atoms with E-state index >= 15 is 0 Å². The maximum absolute atomic E-state index is 12.4. The van der Waals surface area contributed by atoms with Crippen molar-refractivity contribution in [1.29, 1.82) is 0 Å². The molecule has 0 saturated carbocycles. The molecule has 0 aliphatic rings. The van der Waals surface area contributed by atoms with Crippen LogP contribution < -0.4 is 16.1 Å². The van der Waals surface area contributed by atoms with Gasteiger partial charge in [-0.1, -0.05) is 0 Å². The van der Waals surface area contributed by atoms with Crippen LogP contribution >= 0.6 is 7.60 Å². The van der Waals surface area contributed by atoms with Crippen LogP contribution in [-0.4, -0.2) is 62.0 Å². The average molecular weight is 462 g/mol. The normalized spacial score (nSPS) is 13.3. The van der Waals surface area contributed by atoms with Gasteiger partial charge < -0.3 is 24.9 Å². The highest BCUT2D eigenvalue weighted by Crippen LogP contribution is 2.47. The minimum absolute atomic E-state index is 0.0461. The van der Waals surface area contributed by atoms with E-state index in [1.807, 2.05) is 0 Å². The number of carbonyl (C=O) groups excluding carboxylic acids is 2. The lowest BCUT2D eigenvalue weighted by molar-refractivity contribution is -0.173. The molecule has 0 aliphatic carbocycles. The number of rotatable bonds is 14. The smallest absolute Gasteiger partial charge is 0.348 e. The Balaban J connectivity index is 4.16. The lowest BCUT2D eigenvalue weighted by Crippen LogP contribution is -2.37. The predicted octanol–water partition coefficient (Wildman–Crippen LogP) is 2.07. The first kappa shape index (κ1) is 25.6. The lowest BCUT2D eigenvalue weighted by atomic mass is 10.3. The highest BCUT2D eigenvalue weighted by atomic mass is 31.2. The summed E-state index contributed by atoms with van der Waals surface area (Å²) in [4.78, 5) is 21.2. The van der Waals surface area contributed by atoms with Crippen LogP contribution in [-0.2, 0) is 23.2 Å². The van der Waals surface area contributed by atoms with Gasteiger partial charge in [-0.2, -0.15) is 31.8 Å². The highest BCUT2D eigenvalue weighted by Gasteiger charge is 2.38. The van der Waals surface area contributed by atoms with Gasteiger partial charge in [0.15, 0.2) is 1.41 Å². The molecule has 0 aliphatic heterocycles. The van der Waals surface area contributed by atoms with Crippen molar-refractivity contribution in [2.45, 2.75) is 38.0 Å². The molecule has 0 spiro atoms. The molecule has 0 fully saturated rings. The largest absolute Gasteiger partial charge is 0.471 e. The van der Waals surface area contributed by atoms with Crippen LogP contribution in [0, 0.1) is 0 Å². The Morgan fingerprint density at radius 1 is 0.862 bits per heavy atom. The van der Waals surface area contributed by atoms with Crippen molar-refractivity contribution in [2.24, 2.45) is 0 Å². The third-order valence-electron chi connectivity index (χ3n) is 3.04. The minimum atomic E-state index is -5.01. The molecule has 0 radical (unpaired) electrons. The zero-order valence-electron chi connectivity index (χ0n) is 16.0. The van der Waals surface area contributed by atoms with Crippen molar-refractivity contribution >= 4 is 19.4 Å². The second kappa shape index (κ2) is 13.0. The minimum Gasteiger partial charge on any atom is -0.348 e. The SMILES string of the molecule is [2H]N(O)CP(=O)(OCCCCNC(=O)C(F)(F)F)OCCCCNC(=O)C(F)(F)F. The Hall–Kier alpha value is -1.41. The number of halogens is 6. The first-order valence-corrected chi connectivity index (χ1v) is 9.93. The van der Waals surface area contributed by atoms with E-state index in [1.54, 1.807) is 10.6 Å². The standard InChI is InChI=1S/C13H22F6N3O6P/c14-12(15,16)10(23)20-5-1-3-7-27-29(26,9-22-25)28-8-4-2-6-21-11(24)13(17,18)19/h22,25H,1-9H2,(H,20,23)(H,21,24)/i/hD. The Kier molecular flexibility index (Phi) is 11.5. The third-order valence-corrected chi connectivity index (χ3v) is 4.67. The number of amides is 2. The van der Waals surface area contributed by atoms with Gasteiger partial charge in [-0.25, -0.2) is 0 Å². The molecular weight excluding hydrogens is 439 g/mol. The van der Waals surface area contributed by atoms with Crippen molar-refractivity contribution in [1.82, 2.24) is 16.1 Å². The molecule has 9 nitrogen and oxygen atoms in total. The zero-order valence-corrected chi connectivity index (χ0v) is 15.9. The zero-order chi connectivity index (χ0) is 23.4. The van der Waals surface area contributed by atoms with Crippen molar-refractivity contribution < 1.29 is 56.2 Å². The van der Waals surface area contributed by atoms with Gasteiger partial charge in [-0.3, -0.25) is 14.2 Å². The Labute approximate surface area is 163 Å². The van der Waals surface area contributed by atoms with Crippen molar-refractivity contribution in [2.75, 3.05) is 32.6 Å². The summed E-state index contributed by atoms with van der Waals surface area (Å²) in [6.07, 6.45) is -10.6. The topological polar surface area (TPSA) is 126 Å². The van der Waals surface area contributed by atoms with Crippen molar-refractivity contribution in [3.63, 3.8) is 0 Å². The van der Waals surface area contributed by atoms with E-state index in [4.69, 9.17) is 15.7 Å². The number of carbonyl (C=O) groups is 2. The molecule has 0 aromatic rings. The Bertz CT molecular complexity index is 551. The van der Waals surface area contributed by atoms with E-state index in [-0.39, 0.29) is 57.5 Å². The van der Waals surface area contributed by atoms with Gasteiger partial charge in [-0.05, 0) is 25.7 Å². The third kappa shape index (κ3) is 13.4. The molecule has 16 heteroatoms. The summed E-state index contributed by atoms with van der Waals surface area (Å²) < 4.78 is 101. The van der Waals surface area contributed by atoms with Gasteiger partial charge in [0.1, 0.15) is 6.29 Å². The number of hydroxylamine groups is 1. The van der Waals surface area contributed by atoms with Gasteiger partial charge in [0.2, 0.25) is 0 Å². The highest BCUT2D eigenvalue weighted by molar-refractivity contribution is 7.53. The van der Waals surface area contributed by atoms with Crippen molar-refractivity contribution in [3.05, 3.63) is 0 Å². The summed E-state index contributed by atoms with van der Waals surface area (Å²) in [5, 5.41) is 12.2.